The molecule has 2 aromatic rings. The van der Waals surface area contributed by atoms with Gasteiger partial charge in [-0.05, 0) is 54.4 Å². The number of carbonyl (C=O) groups is 1. The minimum Gasteiger partial charge on any atom is -0.497 e. The Bertz CT molecular complexity index is 844. The average molecular weight is 379 g/mol. The largest absolute Gasteiger partial charge is 0.497 e. The summed E-state index contributed by atoms with van der Waals surface area (Å²) in [6.07, 6.45) is 0. The first-order valence-corrected chi connectivity index (χ1v) is 9.38. The van der Waals surface area contributed by atoms with Crippen LogP contribution in [0.15, 0.2) is 53.4 Å². The molecule has 7 nitrogen and oxygen atoms in total. The second-order valence-corrected chi connectivity index (χ2v) is 7.64. The van der Waals surface area contributed by atoms with Crippen LogP contribution in [0.2, 0.25) is 0 Å². The van der Waals surface area contributed by atoms with Crippen molar-refractivity contribution < 1.29 is 27.8 Å². The van der Waals surface area contributed by atoms with E-state index in [-0.39, 0.29) is 10.8 Å². The van der Waals surface area contributed by atoms with Gasteiger partial charge in [-0.1, -0.05) is 13.8 Å². The molecule has 2 aromatic carbocycles. The van der Waals surface area contributed by atoms with Gasteiger partial charge in [0.1, 0.15) is 23.3 Å². The van der Waals surface area contributed by atoms with E-state index in [0.29, 0.717) is 17.2 Å². The molecule has 0 aliphatic rings. The molecule has 0 radical (unpaired) electrons. The van der Waals surface area contributed by atoms with Crippen LogP contribution in [0.5, 0.6) is 17.2 Å². The maximum absolute atomic E-state index is 12.4. The molecule has 0 spiro atoms. The molecule has 8 heteroatoms. The molecule has 0 bridgehead atoms. The third kappa shape index (κ3) is 4.96. The minimum absolute atomic E-state index is 0.0357. The van der Waals surface area contributed by atoms with Gasteiger partial charge in [-0.2, -0.15) is 4.72 Å². The third-order valence-corrected chi connectivity index (χ3v) is 5.10. The van der Waals surface area contributed by atoms with Crippen molar-refractivity contribution in [3.8, 4) is 17.2 Å². The number of aliphatic carboxylic acids is 1. The molecule has 2 rings (SSSR count). The predicted molar refractivity (Wildman–Crippen MR) is 96.1 cm³/mol. The van der Waals surface area contributed by atoms with Gasteiger partial charge >= 0.3 is 5.97 Å². The van der Waals surface area contributed by atoms with E-state index in [9.17, 15) is 13.2 Å². The molecule has 1 atom stereocenters. The topological polar surface area (TPSA) is 102 Å². The van der Waals surface area contributed by atoms with E-state index in [1.54, 1.807) is 45.2 Å². The van der Waals surface area contributed by atoms with Crippen LogP contribution in [0.4, 0.5) is 0 Å². The zero-order chi connectivity index (χ0) is 19.3. The highest BCUT2D eigenvalue weighted by Gasteiger charge is 2.27. The van der Waals surface area contributed by atoms with Crippen molar-refractivity contribution in [2.75, 3.05) is 7.11 Å². The van der Waals surface area contributed by atoms with E-state index in [1.807, 2.05) is 0 Å². The number of sulfonamides is 1. The second kappa shape index (κ2) is 8.20. The molecule has 0 saturated heterocycles. The maximum Gasteiger partial charge on any atom is 0.322 e. The van der Waals surface area contributed by atoms with Gasteiger partial charge in [-0.15, -0.1) is 0 Å². The SMILES string of the molecule is COc1ccc(Oc2ccc(S(=O)(=O)N[C@@H](C(=O)O)C(C)C)cc2)cc1. The lowest BCUT2D eigenvalue weighted by Gasteiger charge is -2.18. The van der Waals surface area contributed by atoms with Crippen molar-refractivity contribution >= 4 is 16.0 Å². The molecule has 0 aromatic heterocycles. The minimum atomic E-state index is -3.95. The molecule has 0 unspecified atom stereocenters. The summed E-state index contributed by atoms with van der Waals surface area (Å²) in [4.78, 5) is 11.2. The second-order valence-electron chi connectivity index (χ2n) is 5.93. The monoisotopic (exact) mass is 379 g/mol. The zero-order valence-electron chi connectivity index (χ0n) is 14.7. The van der Waals surface area contributed by atoms with Crippen LogP contribution in [-0.4, -0.2) is 32.6 Å². The number of hydrogen-bond donors (Lipinski definition) is 2. The number of nitrogens with one attached hydrogen (secondary N) is 1. The summed E-state index contributed by atoms with van der Waals surface area (Å²) in [6, 6.07) is 11.5. The Kier molecular flexibility index (Phi) is 6.23. The Labute approximate surface area is 152 Å². The first kappa shape index (κ1) is 19.7. The number of benzene rings is 2. The first-order valence-electron chi connectivity index (χ1n) is 7.90. The molecule has 0 saturated carbocycles. The molecule has 0 aliphatic heterocycles. The van der Waals surface area contributed by atoms with E-state index in [4.69, 9.17) is 14.6 Å². The van der Waals surface area contributed by atoms with Gasteiger partial charge in [0.25, 0.3) is 0 Å². The Balaban J connectivity index is 2.13. The third-order valence-electron chi connectivity index (χ3n) is 3.64. The van der Waals surface area contributed by atoms with Gasteiger partial charge in [0.2, 0.25) is 10.0 Å². The quantitative estimate of drug-likeness (QED) is 0.731. The predicted octanol–water partition coefficient (Wildman–Crippen LogP) is 2.88. The van der Waals surface area contributed by atoms with Crippen LogP contribution in [-0.2, 0) is 14.8 Å². The summed E-state index contributed by atoms with van der Waals surface area (Å²) in [5.74, 6) is 0.115. The van der Waals surface area contributed by atoms with E-state index < -0.39 is 22.0 Å². The number of carboxylic acids is 1. The van der Waals surface area contributed by atoms with E-state index in [0.717, 1.165) is 0 Å². The summed E-state index contributed by atoms with van der Waals surface area (Å²) in [5, 5.41) is 9.14. The van der Waals surface area contributed by atoms with Gasteiger partial charge in [0.15, 0.2) is 0 Å². The van der Waals surface area contributed by atoms with Crippen LogP contribution in [0.3, 0.4) is 0 Å². The Morgan fingerprint density at radius 1 is 0.962 bits per heavy atom. The lowest BCUT2D eigenvalue weighted by Crippen LogP contribution is -2.44. The van der Waals surface area contributed by atoms with Gasteiger partial charge in [-0.3, -0.25) is 4.79 Å². The van der Waals surface area contributed by atoms with Gasteiger partial charge < -0.3 is 14.6 Å². The zero-order valence-corrected chi connectivity index (χ0v) is 15.5. The smallest absolute Gasteiger partial charge is 0.322 e. The lowest BCUT2D eigenvalue weighted by atomic mass is 10.1. The Morgan fingerprint density at radius 2 is 1.42 bits per heavy atom. The van der Waals surface area contributed by atoms with Crippen molar-refractivity contribution in [1.82, 2.24) is 4.72 Å². The van der Waals surface area contributed by atoms with Crippen LogP contribution >= 0.6 is 0 Å². The lowest BCUT2D eigenvalue weighted by molar-refractivity contribution is -0.140. The molecule has 0 amide bonds. The highest BCUT2D eigenvalue weighted by atomic mass is 32.2. The molecule has 0 fully saturated rings. The number of methoxy groups -OCH3 is 1. The van der Waals surface area contributed by atoms with Gasteiger partial charge in [0, 0.05) is 0 Å². The summed E-state index contributed by atoms with van der Waals surface area (Å²) >= 11 is 0. The molecule has 0 heterocycles. The van der Waals surface area contributed by atoms with Crippen LogP contribution in [0, 0.1) is 5.92 Å². The molecular weight excluding hydrogens is 358 g/mol. The molecule has 26 heavy (non-hydrogen) atoms. The maximum atomic E-state index is 12.4. The average Bonchev–Trinajstić information content (AvgIpc) is 2.60. The normalized spacial score (nSPS) is 12.6. The van der Waals surface area contributed by atoms with E-state index in [2.05, 4.69) is 4.72 Å². The van der Waals surface area contributed by atoms with E-state index in [1.165, 1.54) is 24.3 Å². The van der Waals surface area contributed by atoms with Crippen LogP contribution in [0.1, 0.15) is 13.8 Å². The van der Waals surface area contributed by atoms with Crippen molar-refractivity contribution in [3.63, 3.8) is 0 Å². The highest BCUT2D eigenvalue weighted by molar-refractivity contribution is 7.89. The molecular formula is C18H21NO6S. The summed E-state index contributed by atoms with van der Waals surface area (Å²) in [7, 11) is -2.38. The van der Waals surface area contributed by atoms with Crippen LogP contribution in [0.25, 0.3) is 0 Å². The van der Waals surface area contributed by atoms with Crippen LogP contribution < -0.4 is 14.2 Å². The standard InChI is InChI=1S/C18H21NO6S/c1-12(2)17(18(20)21)19-26(22,23)16-10-8-15(9-11-16)25-14-6-4-13(24-3)5-7-14/h4-12,17,19H,1-3H3,(H,20,21)/t17-/m1/s1. The van der Waals surface area contributed by atoms with E-state index >= 15 is 0 Å². The van der Waals surface area contributed by atoms with Gasteiger partial charge in [0.05, 0.1) is 12.0 Å². The van der Waals surface area contributed by atoms with Crippen molar-refractivity contribution in [1.29, 1.82) is 0 Å². The number of ether oxygens (including phenoxy) is 2. The first-order chi connectivity index (χ1) is 12.2. The number of rotatable bonds is 8. The van der Waals surface area contributed by atoms with Crippen molar-refractivity contribution in [2.24, 2.45) is 5.92 Å². The fraction of sp³-hybridized carbons (Fsp3) is 0.278. The highest BCUT2D eigenvalue weighted by Crippen LogP contribution is 2.25. The summed E-state index contributed by atoms with van der Waals surface area (Å²) in [5.41, 5.74) is 0. The number of hydrogen-bond acceptors (Lipinski definition) is 5. The fourth-order valence-electron chi connectivity index (χ4n) is 2.17. The molecule has 140 valence electrons. The van der Waals surface area contributed by atoms with Crippen molar-refractivity contribution in [3.05, 3.63) is 48.5 Å². The summed E-state index contributed by atoms with van der Waals surface area (Å²) in [6.45, 7) is 3.26. The fourth-order valence-corrected chi connectivity index (χ4v) is 3.51. The molecule has 2 N–H and O–H groups in total. The molecule has 0 aliphatic carbocycles. The summed E-state index contributed by atoms with van der Waals surface area (Å²) < 4.78 is 37.6. The van der Waals surface area contributed by atoms with Crippen molar-refractivity contribution in [2.45, 2.75) is 24.8 Å². The Hall–Kier alpha value is -2.58. The van der Waals surface area contributed by atoms with Gasteiger partial charge in [-0.25, -0.2) is 8.42 Å². The Morgan fingerprint density at radius 3 is 1.85 bits per heavy atom. The number of carboxylic acid groups (broad SMARTS) is 1.